The molecule has 1 aromatic rings. The molecule has 23 heavy (non-hydrogen) atoms. The van der Waals surface area contributed by atoms with Gasteiger partial charge in [-0.2, -0.15) is 0 Å². The maximum absolute atomic E-state index is 12.9. The van der Waals surface area contributed by atoms with Gasteiger partial charge < -0.3 is 14.7 Å². The van der Waals surface area contributed by atoms with Crippen LogP contribution in [0.5, 0.6) is 5.75 Å². The van der Waals surface area contributed by atoms with Crippen molar-refractivity contribution in [1.82, 2.24) is 4.90 Å². The molecular formula is C18H23NO4. The molecule has 1 N–H and O–H groups in total. The predicted octanol–water partition coefficient (Wildman–Crippen LogP) is 2.49. The van der Waals surface area contributed by atoms with Gasteiger partial charge in [0.1, 0.15) is 18.3 Å². The summed E-state index contributed by atoms with van der Waals surface area (Å²) in [5.41, 5.74) is 2.37. The smallest absolute Gasteiger partial charge is 0.311 e. The zero-order valence-corrected chi connectivity index (χ0v) is 13.9. The zero-order valence-electron chi connectivity index (χ0n) is 13.9. The number of amides is 1. The summed E-state index contributed by atoms with van der Waals surface area (Å²) in [6.07, 6.45) is 1.34. The molecule has 1 saturated heterocycles. The number of aryl methyl sites for hydroxylation is 2. The van der Waals surface area contributed by atoms with Crippen LogP contribution >= 0.6 is 0 Å². The van der Waals surface area contributed by atoms with Gasteiger partial charge in [-0.25, -0.2) is 0 Å². The van der Waals surface area contributed by atoms with E-state index in [9.17, 15) is 14.7 Å². The average molecular weight is 317 g/mol. The van der Waals surface area contributed by atoms with Gasteiger partial charge in [-0.15, -0.1) is 0 Å². The molecule has 0 saturated carbocycles. The Labute approximate surface area is 136 Å². The van der Waals surface area contributed by atoms with E-state index in [1.54, 1.807) is 11.8 Å². The molecule has 2 aliphatic heterocycles. The van der Waals surface area contributed by atoms with Gasteiger partial charge in [-0.1, -0.05) is 6.07 Å². The van der Waals surface area contributed by atoms with E-state index in [0.29, 0.717) is 19.6 Å². The lowest BCUT2D eigenvalue weighted by molar-refractivity contribution is -0.153. The second kappa shape index (κ2) is 5.55. The molecule has 2 unspecified atom stereocenters. The second-order valence-electron chi connectivity index (χ2n) is 7.07. The maximum Gasteiger partial charge on any atom is 0.311 e. The number of piperidine rings is 1. The van der Waals surface area contributed by atoms with E-state index in [1.807, 2.05) is 26.0 Å². The van der Waals surface area contributed by atoms with Crippen LogP contribution in [0.4, 0.5) is 0 Å². The molecule has 0 spiro atoms. The number of carbonyl (C=O) groups excluding carboxylic acids is 1. The lowest BCUT2D eigenvalue weighted by Gasteiger charge is -2.38. The Morgan fingerprint density at radius 1 is 1.30 bits per heavy atom. The number of benzene rings is 1. The number of carboxylic acids is 1. The zero-order chi connectivity index (χ0) is 16.8. The first-order chi connectivity index (χ1) is 10.8. The van der Waals surface area contributed by atoms with Crippen LogP contribution in [0.15, 0.2) is 12.1 Å². The van der Waals surface area contributed by atoms with E-state index >= 15 is 0 Å². The fraction of sp³-hybridized carbons (Fsp3) is 0.556. The summed E-state index contributed by atoms with van der Waals surface area (Å²) in [6, 6.07) is 4.01. The van der Waals surface area contributed by atoms with Crippen LogP contribution in [0.2, 0.25) is 0 Å². The molecule has 0 aliphatic carbocycles. The predicted molar refractivity (Wildman–Crippen MR) is 85.7 cm³/mol. The topological polar surface area (TPSA) is 66.8 Å². The molecule has 2 heterocycles. The highest BCUT2D eigenvalue weighted by atomic mass is 16.5. The summed E-state index contributed by atoms with van der Waals surface area (Å²) in [6.45, 7) is 7.02. The molecule has 0 bridgehead atoms. The maximum atomic E-state index is 12.9. The molecule has 1 aromatic carbocycles. The summed E-state index contributed by atoms with van der Waals surface area (Å²) in [4.78, 5) is 26.1. The van der Waals surface area contributed by atoms with Crippen molar-refractivity contribution >= 4 is 11.9 Å². The molecule has 0 radical (unpaired) electrons. The SMILES string of the molecule is Cc1cc2c(cc1C)C(C(=O)N1CCCC(C)(C(=O)O)C1)CO2. The van der Waals surface area contributed by atoms with E-state index in [-0.39, 0.29) is 18.4 Å². The number of carboxylic acid groups (broad SMARTS) is 1. The minimum Gasteiger partial charge on any atom is -0.492 e. The van der Waals surface area contributed by atoms with Gasteiger partial charge in [-0.3, -0.25) is 9.59 Å². The van der Waals surface area contributed by atoms with Crippen molar-refractivity contribution in [3.8, 4) is 5.75 Å². The summed E-state index contributed by atoms with van der Waals surface area (Å²) in [5.74, 6) is -0.381. The number of hydrogen-bond donors (Lipinski definition) is 1. The van der Waals surface area contributed by atoms with Crippen LogP contribution in [0, 0.1) is 19.3 Å². The number of ether oxygens (including phenoxy) is 1. The van der Waals surface area contributed by atoms with E-state index in [2.05, 4.69) is 0 Å². The number of likely N-dealkylation sites (tertiary alicyclic amines) is 1. The van der Waals surface area contributed by atoms with E-state index < -0.39 is 11.4 Å². The molecule has 1 amide bonds. The Hall–Kier alpha value is -2.04. The Bertz CT molecular complexity index is 669. The molecule has 2 aliphatic rings. The number of rotatable bonds is 2. The summed E-state index contributed by atoms with van der Waals surface area (Å²) in [7, 11) is 0. The first-order valence-electron chi connectivity index (χ1n) is 8.08. The number of fused-ring (bicyclic) bond motifs is 1. The van der Waals surface area contributed by atoms with E-state index in [1.165, 1.54) is 0 Å². The molecule has 5 nitrogen and oxygen atoms in total. The third-order valence-corrected chi connectivity index (χ3v) is 5.23. The minimum absolute atomic E-state index is 0.0146. The quantitative estimate of drug-likeness (QED) is 0.910. The molecule has 2 atom stereocenters. The summed E-state index contributed by atoms with van der Waals surface area (Å²) < 4.78 is 5.69. The lowest BCUT2D eigenvalue weighted by atomic mass is 9.81. The first-order valence-corrected chi connectivity index (χ1v) is 8.08. The Morgan fingerprint density at radius 2 is 2.00 bits per heavy atom. The molecule has 124 valence electrons. The first kappa shape index (κ1) is 15.8. The van der Waals surface area contributed by atoms with Crippen molar-refractivity contribution in [2.24, 2.45) is 5.41 Å². The lowest BCUT2D eigenvalue weighted by Crippen LogP contribution is -2.49. The molecule has 0 aromatic heterocycles. The van der Waals surface area contributed by atoms with Gasteiger partial charge in [0, 0.05) is 18.7 Å². The van der Waals surface area contributed by atoms with Gasteiger partial charge in [-0.05, 0) is 50.8 Å². The van der Waals surface area contributed by atoms with Crippen molar-refractivity contribution in [2.45, 2.75) is 39.5 Å². The van der Waals surface area contributed by atoms with Crippen molar-refractivity contribution in [2.75, 3.05) is 19.7 Å². The van der Waals surface area contributed by atoms with E-state index in [4.69, 9.17) is 4.74 Å². The van der Waals surface area contributed by atoms with Crippen LogP contribution in [0.3, 0.4) is 0 Å². The highest BCUT2D eigenvalue weighted by Gasteiger charge is 2.42. The van der Waals surface area contributed by atoms with Crippen molar-refractivity contribution < 1.29 is 19.4 Å². The van der Waals surface area contributed by atoms with Gasteiger partial charge >= 0.3 is 5.97 Å². The third kappa shape index (κ3) is 2.69. The molecule has 3 rings (SSSR count). The summed E-state index contributed by atoms with van der Waals surface area (Å²) >= 11 is 0. The highest BCUT2D eigenvalue weighted by Crippen LogP contribution is 2.38. The molecule has 1 fully saturated rings. The third-order valence-electron chi connectivity index (χ3n) is 5.23. The molecular weight excluding hydrogens is 294 g/mol. The fourth-order valence-corrected chi connectivity index (χ4v) is 3.50. The van der Waals surface area contributed by atoms with Crippen LogP contribution in [0.1, 0.15) is 42.4 Å². The Kier molecular flexibility index (Phi) is 3.82. The largest absolute Gasteiger partial charge is 0.492 e. The van der Waals surface area contributed by atoms with Crippen molar-refractivity contribution in [1.29, 1.82) is 0 Å². The van der Waals surface area contributed by atoms with Crippen LogP contribution in [0.25, 0.3) is 0 Å². The number of hydrogen-bond acceptors (Lipinski definition) is 3. The summed E-state index contributed by atoms with van der Waals surface area (Å²) in [5, 5.41) is 9.42. The monoisotopic (exact) mass is 317 g/mol. The normalized spacial score (nSPS) is 26.6. The van der Waals surface area contributed by atoms with Crippen LogP contribution in [-0.4, -0.2) is 41.6 Å². The number of carbonyl (C=O) groups is 2. The minimum atomic E-state index is -0.848. The molecule has 5 heteroatoms. The van der Waals surface area contributed by atoms with Gasteiger partial charge in [0.05, 0.1) is 5.41 Å². The number of nitrogens with zero attached hydrogens (tertiary/aromatic N) is 1. The van der Waals surface area contributed by atoms with Crippen molar-refractivity contribution in [3.05, 3.63) is 28.8 Å². The van der Waals surface area contributed by atoms with Gasteiger partial charge in [0.2, 0.25) is 5.91 Å². The van der Waals surface area contributed by atoms with Gasteiger partial charge in [0.15, 0.2) is 0 Å². The average Bonchev–Trinajstić information content (AvgIpc) is 2.89. The van der Waals surface area contributed by atoms with Crippen LogP contribution < -0.4 is 4.74 Å². The fourth-order valence-electron chi connectivity index (χ4n) is 3.50. The van der Waals surface area contributed by atoms with Crippen LogP contribution in [-0.2, 0) is 9.59 Å². The van der Waals surface area contributed by atoms with Gasteiger partial charge in [0.25, 0.3) is 0 Å². The number of aliphatic carboxylic acids is 1. The second-order valence-corrected chi connectivity index (χ2v) is 7.07. The van der Waals surface area contributed by atoms with Crippen molar-refractivity contribution in [3.63, 3.8) is 0 Å². The Balaban J connectivity index is 1.83. The Morgan fingerprint density at radius 3 is 2.70 bits per heavy atom. The van der Waals surface area contributed by atoms with E-state index in [0.717, 1.165) is 28.9 Å². The highest BCUT2D eigenvalue weighted by molar-refractivity contribution is 5.87. The standard InChI is InChI=1S/C18H23NO4/c1-11-7-13-14(9-23-15(13)8-12(11)2)16(20)19-6-4-5-18(3,10-19)17(21)22/h7-8,14H,4-6,9-10H2,1-3H3,(H,21,22).